The summed E-state index contributed by atoms with van der Waals surface area (Å²) in [6.07, 6.45) is 16.9. The molecule has 0 saturated carbocycles. The van der Waals surface area contributed by atoms with E-state index in [1.807, 2.05) is 13.8 Å². The van der Waals surface area contributed by atoms with Gasteiger partial charge >= 0.3 is 7.82 Å². The SMILES string of the molecule is CCCCCCCCCCCCN(CCO)CCO.CCCCOP(=O)(O)OCCCC. The number of hydrogen-bond acceptors (Lipinski definition) is 6. The Morgan fingerprint density at radius 1 is 0.594 bits per heavy atom. The van der Waals surface area contributed by atoms with Crippen LogP contribution in [-0.2, 0) is 13.6 Å². The van der Waals surface area contributed by atoms with Crippen LogP contribution in [0.25, 0.3) is 0 Å². The smallest absolute Gasteiger partial charge is 0.395 e. The van der Waals surface area contributed by atoms with Crippen LogP contribution in [0.4, 0.5) is 0 Å². The second-order valence-electron chi connectivity index (χ2n) is 8.31. The van der Waals surface area contributed by atoms with E-state index in [1.165, 1.54) is 64.2 Å². The highest BCUT2D eigenvalue weighted by Crippen LogP contribution is 2.43. The molecular formula is C24H54NO6P. The van der Waals surface area contributed by atoms with Gasteiger partial charge in [0.05, 0.1) is 26.4 Å². The Morgan fingerprint density at radius 3 is 1.34 bits per heavy atom. The van der Waals surface area contributed by atoms with E-state index >= 15 is 0 Å². The fourth-order valence-corrected chi connectivity index (χ4v) is 3.92. The monoisotopic (exact) mass is 483 g/mol. The Labute approximate surface area is 198 Å². The van der Waals surface area contributed by atoms with E-state index in [4.69, 9.17) is 24.2 Å². The van der Waals surface area contributed by atoms with Crippen molar-refractivity contribution in [3.05, 3.63) is 0 Å². The molecule has 0 heterocycles. The second kappa shape index (κ2) is 27.2. The fourth-order valence-electron chi connectivity index (χ4n) is 3.13. The number of aliphatic hydroxyl groups excluding tert-OH is 2. The topological polar surface area (TPSA) is 99.5 Å². The van der Waals surface area contributed by atoms with Crippen molar-refractivity contribution in [2.24, 2.45) is 0 Å². The highest BCUT2D eigenvalue weighted by molar-refractivity contribution is 7.47. The maximum atomic E-state index is 11.1. The van der Waals surface area contributed by atoms with Crippen LogP contribution in [0.5, 0.6) is 0 Å². The standard InChI is InChI=1S/C16H35NO2.C8H19O4P/c1-2-3-4-5-6-7-8-9-10-11-12-17(13-15-18)14-16-19;1-3-5-7-11-13(9,10)12-8-6-4-2/h18-19H,2-16H2,1H3;3-8H2,1-2H3,(H,9,10). The number of rotatable bonds is 23. The van der Waals surface area contributed by atoms with Crippen LogP contribution >= 0.6 is 7.82 Å². The van der Waals surface area contributed by atoms with E-state index in [1.54, 1.807) is 0 Å². The first-order valence-corrected chi connectivity index (χ1v) is 14.5. The molecule has 0 saturated heterocycles. The zero-order valence-corrected chi connectivity index (χ0v) is 22.2. The lowest BCUT2D eigenvalue weighted by atomic mass is 10.1. The minimum atomic E-state index is -3.75. The van der Waals surface area contributed by atoms with Gasteiger partial charge in [-0.3, -0.25) is 13.9 Å². The maximum absolute atomic E-state index is 11.1. The van der Waals surface area contributed by atoms with E-state index in [2.05, 4.69) is 11.8 Å². The predicted octanol–water partition coefficient (Wildman–Crippen LogP) is 5.91. The zero-order chi connectivity index (χ0) is 24.3. The Morgan fingerprint density at radius 2 is 0.969 bits per heavy atom. The number of aliphatic hydroxyl groups is 2. The molecule has 0 fully saturated rings. The highest BCUT2D eigenvalue weighted by Gasteiger charge is 2.19. The van der Waals surface area contributed by atoms with E-state index in [0.29, 0.717) is 13.1 Å². The molecule has 0 aromatic carbocycles. The van der Waals surface area contributed by atoms with Gasteiger partial charge in [-0.25, -0.2) is 4.57 Å². The first-order chi connectivity index (χ1) is 15.5. The predicted molar refractivity (Wildman–Crippen MR) is 134 cm³/mol. The zero-order valence-electron chi connectivity index (χ0n) is 21.3. The normalized spacial score (nSPS) is 11.6. The maximum Gasteiger partial charge on any atom is 0.472 e. The quantitative estimate of drug-likeness (QED) is 0.123. The second-order valence-corrected chi connectivity index (χ2v) is 9.77. The molecule has 0 aromatic rings. The lowest BCUT2D eigenvalue weighted by molar-refractivity contribution is 0.146. The van der Waals surface area contributed by atoms with Crippen molar-refractivity contribution in [1.82, 2.24) is 4.90 Å². The van der Waals surface area contributed by atoms with Crippen molar-refractivity contribution < 1.29 is 28.7 Å². The Balaban J connectivity index is 0. The van der Waals surface area contributed by atoms with Crippen LogP contribution < -0.4 is 0 Å². The molecule has 0 bridgehead atoms. The third-order valence-corrected chi connectivity index (χ3v) is 6.18. The molecule has 0 spiro atoms. The molecule has 0 aliphatic carbocycles. The van der Waals surface area contributed by atoms with E-state index in [9.17, 15) is 4.57 Å². The molecule has 0 aliphatic rings. The van der Waals surface area contributed by atoms with Gasteiger partial charge in [-0.1, -0.05) is 91.4 Å². The van der Waals surface area contributed by atoms with Gasteiger partial charge in [0, 0.05) is 13.1 Å². The van der Waals surface area contributed by atoms with Gasteiger partial charge in [-0.2, -0.15) is 0 Å². The van der Waals surface area contributed by atoms with Gasteiger partial charge in [-0.05, 0) is 25.8 Å². The number of phosphoric acid groups is 1. The Bertz CT molecular complexity index is 381. The van der Waals surface area contributed by atoms with Gasteiger partial charge in [0.15, 0.2) is 0 Å². The van der Waals surface area contributed by atoms with E-state index in [0.717, 1.165) is 32.2 Å². The first-order valence-electron chi connectivity index (χ1n) is 13.0. The highest BCUT2D eigenvalue weighted by atomic mass is 31.2. The van der Waals surface area contributed by atoms with Crippen LogP contribution in [0, 0.1) is 0 Å². The number of phosphoric ester groups is 1. The van der Waals surface area contributed by atoms with Gasteiger partial charge in [0.1, 0.15) is 0 Å². The first kappa shape index (κ1) is 34.2. The van der Waals surface area contributed by atoms with Crippen LogP contribution in [-0.4, -0.2) is 66.1 Å². The third kappa shape index (κ3) is 28.0. The summed E-state index contributed by atoms with van der Waals surface area (Å²) in [5.74, 6) is 0. The van der Waals surface area contributed by atoms with Crippen LogP contribution in [0.15, 0.2) is 0 Å². The molecule has 3 N–H and O–H groups in total. The van der Waals surface area contributed by atoms with Crippen molar-refractivity contribution in [2.45, 2.75) is 111 Å². The van der Waals surface area contributed by atoms with Gasteiger partial charge in [-0.15, -0.1) is 0 Å². The molecular weight excluding hydrogens is 429 g/mol. The van der Waals surface area contributed by atoms with Crippen molar-refractivity contribution in [3.8, 4) is 0 Å². The lowest BCUT2D eigenvalue weighted by Gasteiger charge is -2.19. The van der Waals surface area contributed by atoms with Gasteiger partial charge < -0.3 is 15.1 Å². The van der Waals surface area contributed by atoms with Crippen molar-refractivity contribution >= 4 is 7.82 Å². The summed E-state index contributed by atoms with van der Waals surface area (Å²) >= 11 is 0. The Hall–Kier alpha value is -0.0100. The molecule has 0 rings (SSSR count). The molecule has 196 valence electrons. The molecule has 0 amide bonds. The molecule has 0 radical (unpaired) electrons. The number of nitrogens with zero attached hydrogens (tertiary/aromatic N) is 1. The molecule has 0 aliphatic heterocycles. The molecule has 0 atom stereocenters. The van der Waals surface area contributed by atoms with E-state index < -0.39 is 7.82 Å². The summed E-state index contributed by atoms with van der Waals surface area (Å²) < 4.78 is 20.5. The van der Waals surface area contributed by atoms with Crippen LogP contribution in [0.2, 0.25) is 0 Å². The largest absolute Gasteiger partial charge is 0.472 e. The van der Waals surface area contributed by atoms with Crippen molar-refractivity contribution in [3.63, 3.8) is 0 Å². The molecule has 0 aromatic heterocycles. The molecule has 8 heteroatoms. The van der Waals surface area contributed by atoms with Crippen molar-refractivity contribution in [2.75, 3.05) is 46.1 Å². The molecule has 7 nitrogen and oxygen atoms in total. The minimum absolute atomic E-state index is 0.192. The summed E-state index contributed by atoms with van der Waals surface area (Å²) in [6, 6.07) is 0. The summed E-state index contributed by atoms with van der Waals surface area (Å²) in [7, 11) is -3.75. The fraction of sp³-hybridized carbons (Fsp3) is 1.00. The van der Waals surface area contributed by atoms with Gasteiger partial charge in [0.2, 0.25) is 0 Å². The lowest BCUT2D eigenvalue weighted by Crippen LogP contribution is -2.30. The average Bonchev–Trinajstić information content (AvgIpc) is 2.76. The summed E-state index contributed by atoms with van der Waals surface area (Å²) in [5.41, 5.74) is 0. The summed E-state index contributed by atoms with van der Waals surface area (Å²) in [6.45, 7) is 9.60. The van der Waals surface area contributed by atoms with Crippen molar-refractivity contribution in [1.29, 1.82) is 0 Å². The van der Waals surface area contributed by atoms with Gasteiger partial charge in [0.25, 0.3) is 0 Å². The van der Waals surface area contributed by atoms with Crippen LogP contribution in [0.3, 0.4) is 0 Å². The molecule has 0 unspecified atom stereocenters. The average molecular weight is 484 g/mol. The minimum Gasteiger partial charge on any atom is -0.395 e. The summed E-state index contributed by atoms with van der Waals surface area (Å²) in [4.78, 5) is 11.2. The van der Waals surface area contributed by atoms with Crippen LogP contribution in [0.1, 0.15) is 111 Å². The third-order valence-electron chi connectivity index (χ3n) is 5.16. The Kier molecular flexibility index (Phi) is 29.1. The molecule has 32 heavy (non-hydrogen) atoms. The van der Waals surface area contributed by atoms with E-state index in [-0.39, 0.29) is 26.4 Å². The number of unbranched alkanes of at least 4 members (excludes halogenated alkanes) is 11. The number of hydrogen-bond donors (Lipinski definition) is 3. The summed E-state index contributed by atoms with van der Waals surface area (Å²) in [5, 5.41) is 17.8.